The van der Waals surface area contributed by atoms with Crippen LogP contribution in [0.2, 0.25) is 0 Å². The number of aliphatic hydroxyl groups is 3. The fraction of sp³-hybridized carbons (Fsp3) is 0.958. The van der Waals surface area contributed by atoms with Gasteiger partial charge in [-0.1, -0.05) is 19.8 Å². The Balaban J connectivity index is 0. The Morgan fingerprint density at radius 1 is 0.939 bits per heavy atom. The topological polar surface area (TPSA) is 96.3 Å². The molecule has 4 N–H and O–H groups in total. The highest BCUT2D eigenvalue weighted by molar-refractivity contribution is 5.80. The number of hydrogen-bond acceptors (Lipinski definition) is 7. The minimum absolute atomic E-state index is 0.0600. The van der Waals surface area contributed by atoms with Gasteiger partial charge in [-0.3, -0.25) is 9.69 Å². The molecule has 0 amide bonds. The lowest BCUT2D eigenvalue weighted by Gasteiger charge is -2.32. The first-order chi connectivity index (χ1) is 15.2. The van der Waals surface area contributed by atoms with Gasteiger partial charge >= 0.3 is 0 Å². The first-order valence-electron chi connectivity index (χ1n) is 12.4. The summed E-state index contributed by atoms with van der Waals surface area (Å²) in [6.45, 7) is 8.84. The number of Topliss-reactive ketones (excluding diaryl/α,β-unsaturated/α-hetero) is 1. The van der Waals surface area contributed by atoms with E-state index in [1.165, 1.54) is 0 Å². The zero-order valence-electron chi connectivity index (χ0n) is 23.2. The van der Waals surface area contributed by atoms with E-state index >= 15 is 0 Å². The number of hydrogen-bond donors (Lipinski definition) is 4. The number of nitrogens with one attached hydrogen (secondary N) is 1. The zero-order valence-corrected chi connectivity index (χ0v) is 23.2. The minimum atomic E-state index is -0.406. The molecule has 0 aliphatic carbocycles. The molecule has 0 heterocycles. The fourth-order valence-corrected chi connectivity index (χ4v) is 3.47. The van der Waals surface area contributed by atoms with Crippen molar-refractivity contribution in [1.82, 2.24) is 15.1 Å². The van der Waals surface area contributed by atoms with Crippen molar-refractivity contribution in [3.8, 4) is 0 Å². The van der Waals surface area contributed by atoms with Crippen molar-refractivity contribution >= 4 is 5.78 Å². The van der Waals surface area contributed by atoms with Crippen LogP contribution in [-0.4, -0.2) is 154 Å². The van der Waals surface area contributed by atoms with Crippen LogP contribution in [0.1, 0.15) is 39.5 Å². The van der Waals surface area contributed by atoms with E-state index in [9.17, 15) is 15.0 Å². The van der Waals surface area contributed by atoms with Crippen molar-refractivity contribution in [2.24, 2.45) is 0 Å². The van der Waals surface area contributed by atoms with Gasteiger partial charge in [0, 0.05) is 26.2 Å². The molecule has 0 saturated carbocycles. The second-order valence-electron chi connectivity index (χ2n) is 10.8. The summed E-state index contributed by atoms with van der Waals surface area (Å²) in [4.78, 5) is 15.9. The second-order valence-corrected chi connectivity index (χ2v) is 10.8. The van der Waals surface area contributed by atoms with Gasteiger partial charge in [0.2, 0.25) is 0 Å². The summed E-state index contributed by atoms with van der Waals surface area (Å²) in [6.07, 6.45) is 3.10. The van der Waals surface area contributed by atoms with Crippen molar-refractivity contribution in [3.05, 3.63) is 0 Å². The van der Waals surface area contributed by atoms with Crippen molar-refractivity contribution in [3.63, 3.8) is 0 Å². The number of nitrogens with zero attached hydrogens (tertiary/aromatic N) is 4. The molecule has 9 heteroatoms. The zero-order chi connectivity index (χ0) is 26.1. The minimum Gasteiger partial charge on any atom is -0.386 e. The third-order valence-electron chi connectivity index (χ3n) is 5.53. The van der Waals surface area contributed by atoms with E-state index in [4.69, 9.17) is 5.11 Å². The van der Waals surface area contributed by atoms with E-state index in [0.29, 0.717) is 50.3 Å². The molecule has 0 spiro atoms. The van der Waals surface area contributed by atoms with Gasteiger partial charge in [0.1, 0.15) is 31.1 Å². The molecule has 2 atom stereocenters. The van der Waals surface area contributed by atoms with E-state index in [-0.39, 0.29) is 18.6 Å². The van der Waals surface area contributed by atoms with Gasteiger partial charge in [0.25, 0.3) is 0 Å². The Morgan fingerprint density at radius 2 is 1.48 bits per heavy atom. The number of carbonyl (C=O) groups excluding carboxylic acids is 1. The van der Waals surface area contributed by atoms with Crippen LogP contribution < -0.4 is 5.32 Å². The predicted molar refractivity (Wildman–Crippen MR) is 137 cm³/mol. The molecule has 0 fully saturated rings. The van der Waals surface area contributed by atoms with Gasteiger partial charge in [-0.15, -0.1) is 0 Å². The third-order valence-corrected chi connectivity index (χ3v) is 5.53. The fourth-order valence-electron chi connectivity index (χ4n) is 3.47. The van der Waals surface area contributed by atoms with Crippen LogP contribution in [0.15, 0.2) is 0 Å². The van der Waals surface area contributed by atoms with Crippen molar-refractivity contribution < 1.29 is 29.1 Å². The normalized spacial score (nSPS) is 14.2. The number of aliphatic hydroxyl groups excluding tert-OH is 3. The molecule has 2 unspecified atom stereocenters. The van der Waals surface area contributed by atoms with E-state index in [2.05, 4.69) is 33.3 Å². The lowest BCUT2D eigenvalue weighted by Crippen LogP contribution is -2.50. The molecule has 9 nitrogen and oxygen atoms in total. The largest absolute Gasteiger partial charge is 0.386 e. The average Bonchev–Trinajstić information content (AvgIpc) is 2.67. The van der Waals surface area contributed by atoms with Crippen LogP contribution >= 0.6 is 0 Å². The van der Waals surface area contributed by atoms with Gasteiger partial charge in [-0.05, 0) is 34.5 Å². The Bertz CT molecular complexity index is 489. The van der Waals surface area contributed by atoms with Gasteiger partial charge < -0.3 is 34.5 Å². The number of quaternary nitrogens is 2. The highest BCUT2D eigenvalue weighted by Crippen LogP contribution is 2.04. The van der Waals surface area contributed by atoms with Gasteiger partial charge in [0.15, 0.2) is 6.73 Å². The average molecular weight is 480 g/mol. The summed E-state index contributed by atoms with van der Waals surface area (Å²) in [5, 5.41) is 31.8. The maximum Gasteiger partial charge on any atom is 0.179 e. The van der Waals surface area contributed by atoms with E-state index in [1.807, 2.05) is 45.0 Å². The first-order valence-corrected chi connectivity index (χ1v) is 12.4. The predicted octanol–water partition coefficient (Wildman–Crippen LogP) is 0.00700. The second kappa shape index (κ2) is 18.6. The standard InChI is InChI=1S/C16H36N3O2.C8H21N2O2/c1-6-8-9-10-15(20)11-18(14-17-3)12-16(21)13-19(4,5)7-2;1-9(2)5-8(12)6-10(3,4)7-11/h16-17,21H,6-14H2,1-5H3;8,11-12H,5-7H2,1-4H3/q2*+1. The quantitative estimate of drug-likeness (QED) is 0.125. The molecule has 200 valence electrons. The molecule has 0 bridgehead atoms. The van der Waals surface area contributed by atoms with E-state index in [1.54, 1.807) is 0 Å². The number of rotatable bonds is 18. The smallest absolute Gasteiger partial charge is 0.179 e. The van der Waals surface area contributed by atoms with Crippen LogP contribution in [0.5, 0.6) is 0 Å². The molecule has 0 aromatic heterocycles. The summed E-state index contributed by atoms with van der Waals surface area (Å²) in [5.74, 6) is 0.273. The summed E-state index contributed by atoms with van der Waals surface area (Å²) in [7, 11) is 13.7. The molecule has 33 heavy (non-hydrogen) atoms. The van der Waals surface area contributed by atoms with Crippen molar-refractivity contribution in [1.29, 1.82) is 0 Å². The maximum atomic E-state index is 12.0. The van der Waals surface area contributed by atoms with Gasteiger partial charge in [-0.25, -0.2) is 0 Å². The third kappa shape index (κ3) is 21.6. The molecule has 0 rings (SSSR count). The first kappa shape index (κ1) is 34.5. The van der Waals surface area contributed by atoms with Gasteiger partial charge in [-0.2, -0.15) is 0 Å². The number of carbonyl (C=O) groups is 1. The van der Waals surface area contributed by atoms with Crippen LogP contribution in [-0.2, 0) is 4.79 Å². The van der Waals surface area contributed by atoms with E-state index < -0.39 is 6.10 Å². The van der Waals surface area contributed by atoms with Gasteiger partial charge in [0.05, 0.1) is 41.3 Å². The molecule has 0 aliphatic rings. The molecular formula is C24H57N5O4+2. The van der Waals surface area contributed by atoms with Crippen LogP contribution in [0.4, 0.5) is 0 Å². The number of likely N-dealkylation sites (N-methyl/N-ethyl adjacent to an activating group) is 3. The SMILES string of the molecule is CCCCCC(=O)CN(CNC)CC(O)C[N+](C)(C)CC.CN(C)CC(O)C[N+](C)(C)CO. The summed E-state index contributed by atoms with van der Waals surface area (Å²) < 4.78 is 1.23. The van der Waals surface area contributed by atoms with Crippen molar-refractivity contribution in [2.45, 2.75) is 51.7 Å². The monoisotopic (exact) mass is 479 g/mol. The molecule has 0 saturated heterocycles. The number of unbranched alkanes of at least 4 members (excludes halogenated alkanes) is 2. The Kier molecular flexibility index (Phi) is 19.5. The lowest BCUT2D eigenvalue weighted by molar-refractivity contribution is -0.911. The highest BCUT2D eigenvalue weighted by atomic mass is 16.3. The summed E-state index contributed by atoms with van der Waals surface area (Å²) in [6, 6.07) is 0. The highest BCUT2D eigenvalue weighted by Gasteiger charge is 2.22. The molecule has 0 aromatic carbocycles. The molecule has 0 radical (unpaired) electrons. The Morgan fingerprint density at radius 3 is 1.94 bits per heavy atom. The maximum absolute atomic E-state index is 12.0. The molecule has 0 aliphatic heterocycles. The summed E-state index contributed by atoms with van der Waals surface area (Å²) >= 11 is 0. The van der Waals surface area contributed by atoms with Crippen molar-refractivity contribution in [2.75, 3.05) is 102 Å². The van der Waals surface area contributed by atoms with Crippen LogP contribution in [0.25, 0.3) is 0 Å². The Labute approximate surface area is 204 Å². The lowest BCUT2D eigenvalue weighted by atomic mass is 10.1. The van der Waals surface area contributed by atoms with Crippen LogP contribution in [0.3, 0.4) is 0 Å². The Hall–Kier alpha value is -0.650. The molecule has 0 aromatic rings. The number of ketones is 1. The van der Waals surface area contributed by atoms with Crippen LogP contribution in [0, 0.1) is 0 Å². The summed E-state index contributed by atoms with van der Waals surface area (Å²) in [5.41, 5.74) is 0. The molecular weight excluding hydrogens is 422 g/mol. The van der Waals surface area contributed by atoms with E-state index in [0.717, 1.165) is 30.3 Å².